The summed E-state index contributed by atoms with van der Waals surface area (Å²) < 4.78 is 8.18. The van der Waals surface area contributed by atoms with Gasteiger partial charge in [-0.3, -0.25) is 14.4 Å². The maximum absolute atomic E-state index is 14.3. The predicted molar refractivity (Wildman–Crippen MR) is 167 cm³/mol. The highest BCUT2D eigenvalue weighted by atomic mass is 35.5. The summed E-state index contributed by atoms with van der Waals surface area (Å²) in [6.07, 6.45) is 3.12. The van der Waals surface area contributed by atoms with Gasteiger partial charge in [0.1, 0.15) is 17.9 Å². The zero-order chi connectivity index (χ0) is 31.2. The van der Waals surface area contributed by atoms with Gasteiger partial charge in [-0.25, -0.2) is 4.68 Å². The van der Waals surface area contributed by atoms with E-state index in [4.69, 9.17) is 16.3 Å². The van der Waals surface area contributed by atoms with Crippen molar-refractivity contribution in [3.05, 3.63) is 87.4 Å². The lowest BCUT2D eigenvalue weighted by Gasteiger charge is -2.43. The monoisotopic (exact) mass is 627 g/mol. The van der Waals surface area contributed by atoms with Crippen LogP contribution in [0.15, 0.2) is 54.6 Å². The summed E-state index contributed by atoms with van der Waals surface area (Å²) in [5, 5.41) is 18.9. The van der Waals surface area contributed by atoms with Gasteiger partial charge in [0.05, 0.1) is 23.4 Å². The fourth-order valence-electron chi connectivity index (χ4n) is 7.30. The van der Waals surface area contributed by atoms with Gasteiger partial charge >= 0.3 is 5.97 Å². The Morgan fingerprint density at radius 1 is 1.07 bits per heavy atom. The van der Waals surface area contributed by atoms with E-state index in [1.807, 2.05) is 61.6 Å². The molecule has 7 rings (SSSR count). The predicted octanol–water partition coefficient (Wildman–Crippen LogP) is 5.17. The first-order chi connectivity index (χ1) is 21.8. The van der Waals surface area contributed by atoms with Gasteiger partial charge in [0.2, 0.25) is 5.91 Å². The van der Waals surface area contributed by atoms with Crippen LogP contribution < -0.4 is 4.74 Å². The number of fused-ring (bicyclic) bond motifs is 3. The number of hydrogen-bond acceptors (Lipinski definition) is 6. The molecule has 4 aromatic rings. The van der Waals surface area contributed by atoms with E-state index in [-0.39, 0.29) is 25.0 Å². The molecule has 2 aliphatic heterocycles. The van der Waals surface area contributed by atoms with Gasteiger partial charge in [-0.1, -0.05) is 53.9 Å². The summed E-state index contributed by atoms with van der Waals surface area (Å²) in [5.41, 5.74) is 5.84. The Kier molecular flexibility index (Phi) is 7.69. The molecule has 232 valence electrons. The van der Waals surface area contributed by atoms with Crippen molar-refractivity contribution in [2.75, 3.05) is 13.1 Å². The SMILES string of the molecule is Cn1nnc2cc(COc3ccc(Cl)c4c3[C@@H](CN3Cc5ccccc5C3=O)N(C(=O)C3CCCC[C@H]3C(=O)O)CC4)ccc21. The highest BCUT2D eigenvalue weighted by molar-refractivity contribution is 6.31. The van der Waals surface area contributed by atoms with Crippen molar-refractivity contribution in [2.24, 2.45) is 18.9 Å². The molecule has 2 amide bonds. The molecule has 3 heterocycles. The summed E-state index contributed by atoms with van der Waals surface area (Å²) in [6, 6.07) is 16.5. The molecule has 1 saturated carbocycles. The van der Waals surface area contributed by atoms with Gasteiger partial charge in [-0.15, -0.1) is 5.10 Å². The number of carboxylic acids is 1. The second kappa shape index (κ2) is 11.8. The maximum Gasteiger partial charge on any atom is 0.307 e. The third kappa shape index (κ3) is 5.31. The third-order valence-electron chi connectivity index (χ3n) is 9.61. The lowest BCUT2D eigenvalue weighted by atomic mass is 9.77. The Bertz CT molecular complexity index is 1820. The number of nitrogens with zero attached hydrogens (tertiary/aromatic N) is 5. The van der Waals surface area contributed by atoms with Gasteiger partial charge in [-0.2, -0.15) is 0 Å². The van der Waals surface area contributed by atoms with E-state index in [9.17, 15) is 19.5 Å². The molecule has 10 nitrogen and oxygen atoms in total. The van der Waals surface area contributed by atoms with Gasteiger partial charge < -0.3 is 19.6 Å². The Hall–Kier alpha value is -4.44. The molecule has 1 aromatic heterocycles. The molecule has 11 heteroatoms. The fourth-order valence-corrected chi connectivity index (χ4v) is 7.56. The zero-order valence-corrected chi connectivity index (χ0v) is 25.7. The molecule has 1 N–H and O–H groups in total. The molecule has 1 unspecified atom stereocenters. The van der Waals surface area contributed by atoms with Gasteiger partial charge in [0, 0.05) is 42.8 Å². The van der Waals surface area contributed by atoms with Crippen LogP contribution in [0.3, 0.4) is 0 Å². The molecule has 0 spiro atoms. The molecule has 45 heavy (non-hydrogen) atoms. The van der Waals surface area contributed by atoms with Crippen molar-refractivity contribution in [1.29, 1.82) is 0 Å². The molecule has 0 bridgehead atoms. The quantitative estimate of drug-likeness (QED) is 0.300. The van der Waals surface area contributed by atoms with E-state index in [0.29, 0.717) is 48.7 Å². The minimum Gasteiger partial charge on any atom is -0.489 e. The number of carbonyl (C=O) groups is 3. The first-order valence-corrected chi connectivity index (χ1v) is 15.8. The summed E-state index contributed by atoms with van der Waals surface area (Å²) in [5.74, 6) is -1.96. The van der Waals surface area contributed by atoms with Crippen LogP contribution in [0.4, 0.5) is 0 Å². The number of benzene rings is 3. The molecule has 1 aliphatic carbocycles. The smallest absolute Gasteiger partial charge is 0.307 e. The Labute approximate surface area is 265 Å². The lowest BCUT2D eigenvalue weighted by Crippen LogP contribution is -2.50. The lowest BCUT2D eigenvalue weighted by molar-refractivity contribution is -0.153. The van der Waals surface area contributed by atoms with E-state index < -0.39 is 23.8 Å². The van der Waals surface area contributed by atoms with Crippen molar-refractivity contribution in [3.8, 4) is 5.75 Å². The van der Waals surface area contributed by atoms with Crippen LogP contribution in [-0.4, -0.2) is 60.8 Å². The van der Waals surface area contributed by atoms with Gasteiger partial charge in [0.15, 0.2) is 0 Å². The van der Waals surface area contributed by atoms with Crippen molar-refractivity contribution >= 4 is 40.4 Å². The van der Waals surface area contributed by atoms with Crippen LogP contribution in [0.25, 0.3) is 11.0 Å². The van der Waals surface area contributed by atoms with Crippen molar-refractivity contribution < 1.29 is 24.2 Å². The summed E-state index contributed by atoms with van der Waals surface area (Å²) in [6.45, 7) is 1.29. The molecular weight excluding hydrogens is 594 g/mol. The van der Waals surface area contributed by atoms with E-state index in [2.05, 4.69) is 10.3 Å². The minimum absolute atomic E-state index is 0.0898. The Morgan fingerprint density at radius 3 is 2.67 bits per heavy atom. The molecule has 3 aromatic carbocycles. The van der Waals surface area contributed by atoms with Crippen LogP contribution in [-0.2, 0) is 36.2 Å². The summed E-state index contributed by atoms with van der Waals surface area (Å²) in [7, 11) is 1.84. The van der Waals surface area contributed by atoms with Crippen LogP contribution in [0, 0.1) is 11.8 Å². The standard InChI is InChI=1S/C34H34ClN5O5/c1-38-28-12-10-20(16-27(28)36-37-38)19-45-30-13-11-26(35)25-14-15-40(33(42)23-8-4-5-9-24(23)34(43)44)29(31(25)30)18-39-17-21-6-2-3-7-22(21)32(39)41/h2-3,6-7,10-13,16,23-24,29H,4-5,8-9,14-15,17-19H2,1H3,(H,43,44)/t23?,24-,29-/m1/s1. The van der Waals surface area contributed by atoms with Crippen LogP contribution in [0.1, 0.15) is 64.3 Å². The van der Waals surface area contributed by atoms with Gasteiger partial charge in [-0.05, 0) is 66.3 Å². The highest BCUT2D eigenvalue weighted by Crippen LogP contribution is 2.44. The zero-order valence-electron chi connectivity index (χ0n) is 25.0. The molecule has 3 atom stereocenters. The molecule has 3 aliphatic rings. The number of ether oxygens (including phenoxy) is 1. The van der Waals surface area contributed by atoms with Crippen LogP contribution in [0.5, 0.6) is 5.75 Å². The molecule has 1 fully saturated rings. The number of rotatable bonds is 7. The average molecular weight is 628 g/mol. The highest BCUT2D eigenvalue weighted by Gasteiger charge is 2.44. The molecule has 0 saturated heterocycles. The number of carbonyl (C=O) groups excluding carboxylic acids is 2. The second-order valence-electron chi connectivity index (χ2n) is 12.2. The summed E-state index contributed by atoms with van der Waals surface area (Å²) >= 11 is 6.79. The van der Waals surface area contributed by atoms with Crippen molar-refractivity contribution in [3.63, 3.8) is 0 Å². The first-order valence-electron chi connectivity index (χ1n) is 15.4. The number of halogens is 1. The molecular formula is C34H34ClN5O5. The number of amides is 2. The number of hydrogen-bond donors (Lipinski definition) is 1. The van der Waals surface area contributed by atoms with Crippen molar-refractivity contribution in [2.45, 2.75) is 51.3 Å². The van der Waals surface area contributed by atoms with E-state index in [1.54, 1.807) is 14.5 Å². The fraction of sp³-hybridized carbons (Fsp3) is 0.382. The van der Waals surface area contributed by atoms with E-state index in [1.165, 1.54) is 0 Å². The number of aryl methyl sites for hydroxylation is 1. The topological polar surface area (TPSA) is 118 Å². The van der Waals surface area contributed by atoms with Crippen LogP contribution >= 0.6 is 11.6 Å². The minimum atomic E-state index is -0.931. The average Bonchev–Trinajstić information content (AvgIpc) is 3.58. The van der Waals surface area contributed by atoms with E-state index in [0.717, 1.165) is 46.1 Å². The van der Waals surface area contributed by atoms with Crippen LogP contribution in [0.2, 0.25) is 5.02 Å². The maximum atomic E-state index is 14.3. The third-order valence-corrected chi connectivity index (χ3v) is 9.97. The Balaban J connectivity index is 1.25. The first kappa shape index (κ1) is 29.3. The van der Waals surface area contributed by atoms with E-state index >= 15 is 0 Å². The normalized spacial score (nSPS) is 21.1. The van der Waals surface area contributed by atoms with Crippen molar-refractivity contribution in [1.82, 2.24) is 24.8 Å². The number of aliphatic carboxylic acids is 1. The number of aromatic nitrogens is 3. The second-order valence-corrected chi connectivity index (χ2v) is 12.6. The Morgan fingerprint density at radius 2 is 1.87 bits per heavy atom. The molecule has 0 radical (unpaired) electrons. The number of carboxylic acid groups (broad SMARTS) is 1. The summed E-state index contributed by atoms with van der Waals surface area (Å²) in [4.78, 5) is 43.7. The largest absolute Gasteiger partial charge is 0.489 e. The van der Waals surface area contributed by atoms with Gasteiger partial charge in [0.25, 0.3) is 5.91 Å².